The van der Waals surface area contributed by atoms with Crippen molar-refractivity contribution in [3.63, 3.8) is 0 Å². The zero-order valence-electron chi connectivity index (χ0n) is 16.0. The van der Waals surface area contributed by atoms with E-state index in [4.69, 9.17) is 11.6 Å². The molecular weight excluding hydrogens is 517 g/mol. The number of carbonyl (C=O) groups is 2. The summed E-state index contributed by atoms with van der Waals surface area (Å²) in [5.74, 6) is -2.05. The van der Waals surface area contributed by atoms with E-state index in [0.717, 1.165) is 42.7 Å². The van der Waals surface area contributed by atoms with Crippen LogP contribution in [0.4, 0.5) is 22.4 Å². The summed E-state index contributed by atoms with van der Waals surface area (Å²) in [6.45, 7) is -0.322. The predicted molar refractivity (Wildman–Crippen MR) is 110 cm³/mol. The Morgan fingerprint density at radius 3 is 2.25 bits per heavy atom. The molecule has 0 aliphatic heterocycles. The van der Waals surface area contributed by atoms with Gasteiger partial charge in [0.1, 0.15) is 0 Å². The molecular formula is C20H14AsClF4N3O3. The van der Waals surface area contributed by atoms with Gasteiger partial charge in [0.25, 0.3) is 0 Å². The number of hydrogen-bond donors (Lipinski definition) is 2. The second-order valence-corrected chi connectivity index (χ2v) is 13.6. The summed E-state index contributed by atoms with van der Waals surface area (Å²) in [7, 11) is 0. The van der Waals surface area contributed by atoms with Crippen LogP contribution < -0.4 is 14.3 Å². The Morgan fingerprint density at radius 1 is 1.06 bits per heavy atom. The number of nitrogens with one attached hydrogen (secondary N) is 1. The van der Waals surface area contributed by atoms with Crippen LogP contribution in [0.3, 0.4) is 0 Å². The zero-order chi connectivity index (χ0) is 23.5. The van der Waals surface area contributed by atoms with Crippen LogP contribution in [0.2, 0.25) is 5.02 Å². The monoisotopic (exact) mass is 530 g/mol. The Morgan fingerprint density at radius 2 is 1.69 bits per heavy atom. The van der Waals surface area contributed by atoms with E-state index in [1.165, 1.54) is 18.2 Å². The number of carbonyl (C=O) groups excluding carboxylic acids is 1. The van der Waals surface area contributed by atoms with Gasteiger partial charge in [0, 0.05) is 0 Å². The van der Waals surface area contributed by atoms with Crippen LogP contribution in [0, 0.1) is 5.82 Å². The van der Waals surface area contributed by atoms with Crippen molar-refractivity contribution in [2.75, 3.05) is 0 Å². The van der Waals surface area contributed by atoms with Crippen molar-refractivity contribution in [2.24, 2.45) is 0 Å². The van der Waals surface area contributed by atoms with E-state index in [1.807, 2.05) is 0 Å². The molecule has 3 rings (SSSR count). The molecule has 3 aromatic rings. The number of rotatable bonds is 6. The molecule has 2 N–H and O–H groups in total. The van der Waals surface area contributed by atoms with Crippen molar-refractivity contribution in [1.29, 1.82) is 0 Å². The molecule has 0 saturated carbocycles. The Hall–Kier alpha value is -2.97. The van der Waals surface area contributed by atoms with Gasteiger partial charge >= 0.3 is 187 Å². The molecule has 0 saturated heterocycles. The van der Waals surface area contributed by atoms with Crippen molar-refractivity contribution < 1.29 is 32.3 Å². The molecule has 0 aliphatic rings. The molecule has 0 bridgehead atoms. The van der Waals surface area contributed by atoms with Crippen LogP contribution in [0.15, 0.2) is 60.9 Å². The summed E-state index contributed by atoms with van der Waals surface area (Å²) in [6.07, 6.45) is 2.14. The predicted octanol–water partition coefficient (Wildman–Crippen LogP) is 3.12. The van der Waals surface area contributed by atoms with Crippen LogP contribution in [-0.4, -0.2) is 44.3 Å². The first-order chi connectivity index (χ1) is 15.1. The summed E-state index contributed by atoms with van der Waals surface area (Å²) >= 11 is -0.0885. The molecule has 1 amide bonds. The molecule has 1 aromatic heterocycles. The van der Waals surface area contributed by atoms with Gasteiger partial charge in [0.05, 0.1) is 0 Å². The molecule has 1 radical (unpaired) electrons. The number of benzene rings is 2. The number of amides is 1. The number of aromatic nitrogens is 2. The van der Waals surface area contributed by atoms with E-state index in [9.17, 15) is 32.3 Å². The van der Waals surface area contributed by atoms with E-state index >= 15 is 0 Å². The standard InChI is InChI=1S/C20H14AsClF4N3O3/c22-15-9-13(17(30)31)8-14(10-15)21(20(24,25)26,18-27-6-1-7-28-18)19(32)29-11-12-2-4-16(23)5-3-12/h1-10H,11H2,(H,29,32)(H,30,31). The van der Waals surface area contributed by atoms with Crippen molar-refractivity contribution in [2.45, 2.75) is 11.5 Å². The number of hydrogen-bond acceptors (Lipinski definition) is 4. The second kappa shape index (κ2) is 9.26. The van der Waals surface area contributed by atoms with Gasteiger partial charge in [0.2, 0.25) is 0 Å². The topological polar surface area (TPSA) is 92.2 Å². The van der Waals surface area contributed by atoms with Gasteiger partial charge in [-0.25, -0.2) is 0 Å². The first-order valence-corrected chi connectivity index (χ1v) is 13.0. The van der Waals surface area contributed by atoms with Crippen molar-refractivity contribution in [3.8, 4) is 0 Å². The van der Waals surface area contributed by atoms with Crippen LogP contribution in [0.25, 0.3) is 0 Å². The molecule has 6 nitrogen and oxygen atoms in total. The summed E-state index contributed by atoms with van der Waals surface area (Å²) in [5.41, 5.74) is -0.147. The third-order valence-electron chi connectivity index (χ3n) is 4.41. The van der Waals surface area contributed by atoms with Crippen molar-refractivity contribution >= 4 is 44.8 Å². The molecule has 32 heavy (non-hydrogen) atoms. The van der Waals surface area contributed by atoms with Crippen LogP contribution >= 0.6 is 11.6 Å². The van der Waals surface area contributed by atoms with Crippen molar-refractivity contribution in [3.05, 3.63) is 82.9 Å². The average Bonchev–Trinajstić information content (AvgIpc) is 2.73. The Labute approximate surface area is 186 Å². The van der Waals surface area contributed by atoms with Gasteiger partial charge in [-0.2, -0.15) is 0 Å². The van der Waals surface area contributed by atoms with E-state index in [0.29, 0.717) is 5.56 Å². The number of nitrogens with zero attached hydrogens (tertiary/aromatic N) is 2. The Balaban J connectivity index is 2.19. The summed E-state index contributed by atoms with van der Waals surface area (Å²) in [4.78, 5) is 27.0. The van der Waals surface area contributed by atoms with E-state index in [-0.39, 0.29) is 11.6 Å². The summed E-state index contributed by atoms with van der Waals surface area (Å²) in [5, 5.41) is 11.3. The minimum absolute atomic E-state index is 0.280. The number of alkyl halides is 3. The normalized spacial score (nSPS) is 13.3. The quantitative estimate of drug-likeness (QED) is 0.377. The van der Waals surface area contributed by atoms with E-state index in [2.05, 4.69) is 15.3 Å². The first kappa shape index (κ1) is 23.7. The number of carboxylic acid groups (broad SMARTS) is 1. The molecule has 1 heterocycles. The van der Waals surface area contributed by atoms with Crippen LogP contribution in [0.5, 0.6) is 0 Å². The second-order valence-electron chi connectivity index (χ2n) is 6.48. The number of carboxylic acids is 1. The van der Waals surface area contributed by atoms with Crippen LogP contribution in [-0.2, 0) is 6.54 Å². The molecule has 0 spiro atoms. The minimum atomic E-state index is -6.01. The average molecular weight is 531 g/mol. The fraction of sp³-hybridized carbons (Fsp3) is 0.100. The van der Waals surface area contributed by atoms with Crippen molar-refractivity contribution in [1.82, 2.24) is 15.3 Å². The van der Waals surface area contributed by atoms with Gasteiger partial charge in [-0.3, -0.25) is 0 Å². The third-order valence-corrected chi connectivity index (χ3v) is 11.7. The maximum absolute atomic E-state index is 14.7. The van der Waals surface area contributed by atoms with Gasteiger partial charge in [-0.15, -0.1) is 0 Å². The van der Waals surface area contributed by atoms with Gasteiger partial charge in [0.15, 0.2) is 0 Å². The Bertz CT molecular complexity index is 1150. The fourth-order valence-corrected chi connectivity index (χ4v) is 9.35. The molecule has 12 heteroatoms. The maximum atomic E-state index is 14.7. The van der Waals surface area contributed by atoms with E-state index < -0.39 is 49.5 Å². The third kappa shape index (κ3) is 4.61. The van der Waals surface area contributed by atoms with Gasteiger partial charge < -0.3 is 0 Å². The Kier molecular flexibility index (Phi) is 6.85. The van der Waals surface area contributed by atoms with Crippen LogP contribution in [0.1, 0.15) is 15.9 Å². The molecule has 0 aliphatic carbocycles. The molecule has 167 valence electrons. The first-order valence-electron chi connectivity index (χ1n) is 8.86. The zero-order valence-corrected chi connectivity index (χ0v) is 18.6. The molecule has 1 atom stereocenters. The molecule has 0 fully saturated rings. The number of halogens is 5. The van der Waals surface area contributed by atoms with Gasteiger partial charge in [-0.1, -0.05) is 0 Å². The molecule has 1 unspecified atom stereocenters. The van der Waals surface area contributed by atoms with E-state index in [1.54, 1.807) is 0 Å². The SMILES string of the molecule is O=C(O)c1cc(Cl)cc([As](C(=O)NCc2ccc(F)cc2)(c2ncccn2)C(F)(F)F)c1. The number of aromatic carboxylic acids is 1. The summed E-state index contributed by atoms with van der Waals surface area (Å²) in [6, 6.07) is 8.82. The molecule has 2 aromatic carbocycles. The fourth-order valence-electron chi connectivity index (χ4n) is 2.95. The van der Waals surface area contributed by atoms with Gasteiger partial charge in [-0.05, 0) is 0 Å². The summed E-state index contributed by atoms with van der Waals surface area (Å²) < 4.78 is 54.6.